The number of aliphatic hydroxyl groups excluding tert-OH is 1. The van der Waals surface area contributed by atoms with Gasteiger partial charge in [-0.25, -0.2) is 4.79 Å². The Balaban J connectivity index is 1.57. The van der Waals surface area contributed by atoms with E-state index in [1.807, 2.05) is 12.1 Å². The van der Waals surface area contributed by atoms with E-state index >= 15 is 0 Å². The van der Waals surface area contributed by atoms with Crippen LogP contribution in [0.2, 0.25) is 5.02 Å². The number of nitrogens with one attached hydrogen (secondary N) is 1. The largest absolute Gasteiger partial charge is 0.492 e. The first-order valence-electron chi connectivity index (χ1n) is 8.77. The zero-order valence-corrected chi connectivity index (χ0v) is 16.4. The number of hydrogen-bond donors (Lipinski definition) is 2. The third kappa shape index (κ3) is 8.04. The zero-order valence-electron chi connectivity index (χ0n) is 15.6. The summed E-state index contributed by atoms with van der Waals surface area (Å²) in [5, 5.41) is 13.5. The SMILES string of the molecule is COC(=O)COc1ccc(OCCNCC(O)COc2ccccc2Cl)cc1. The van der Waals surface area contributed by atoms with Crippen LogP contribution in [0.3, 0.4) is 0 Å². The highest BCUT2D eigenvalue weighted by Crippen LogP contribution is 2.23. The molecule has 7 nitrogen and oxygen atoms in total. The molecule has 2 N–H and O–H groups in total. The van der Waals surface area contributed by atoms with Crippen LogP contribution in [0.5, 0.6) is 17.2 Å². The minimum Gasteiger partial charge on any atom is -0.492 e. The Bertz CT molecular complexity index is 725. The second-order valence-electron chi connectivity index (χ2n) is 5.78. The first-order chi connectivity index (χ1) is 13.6. The summed E-state index contributed by atoms with van der Waals surface area (Å²) in [6.45, 7) is 1.37. The molecule has 2 aromatic rings. The standard InChI is InChI=1S/C20H24ClNO6/c1-25-20(24)14-27-17-8-6-16(7-9-17)26-11-10-22-12-15(23)13-28-19-5-3-2-4-18(19)21/h2-9,15,22-23H,10-14H2,1H3. The number of para-hydroxylation sites is 1. The second-order valence-corrected chi connectivity index (χ2v) is 6.19. The maximum Gasteiger partial charge on any atom is 0.343 e. The molecular formula is C20H24ClNO6. The number of methoxy groups -OCH3 is 1. The minimum absolute atomic E-state index is 0.136. The Morgan fingerprint density at radius 3 is 2.43 bits per heavy atom. The number of esters is 1. The van der Waals surface area contributed by atoms with Crippen LogP contribution in [0, 0.1) is 0 Å². The number of benzene rings is 2. The first-order valence-corrected chi connectivity index (χ1v) is 9.15. The van der Waals surface area contributed by atoms with Gasteiger partial charge < -0.3 is 29.4 Å². The van der Waals surface area contributed by atoms with Gasteiger partial charge in [-0.1, -0.05) is 23.7 Å². The van der Waals surface area contributed by atoms with Crippen molar-refractivity contribution in [2.45, 2.75) is 6.10 Å². The van der Waals surface area contributed by atoms with Gasteiger partial charge in [-0.2, -0.15) is 0 Å². The molecule has 0 saturated heterocycles. The Morgan fingerprint density at radius 2 is 1.75 bits per heavy atom. The second kappa shape index (κ2) is 12.1. The van der Waals surface area contributed by atoms with Crippen LogP contribution in [0.25, 0.3) is 0 Å². The lowest BCUT2D eigenvalue weighted by Crippen LogP contribution is -2.33. The number of halogens is 1. The van der Waals surface area contributed by atoms with Crippen molar-refractivity contribution in [3.63, 3.8) is 0 Å². The van der Waals surface area contributed by atoms with Crippen molar-refractivity contribution in [2.24, 2.45) is 0 Å². The third-order valence-corrected chi connectivity index (χ3v) is 3.92. The van der Waals surface area contributed by atoms with Crippen molar-refractivity contribution in [1.82, 2.24) is 5.32 Å². The molecular weight excluding hydrogens is 386 g/mol. The average Bonchev–Trinajstić information content (AvgIpc) is 2.72. The Labute approximate surface area is 169 Å². The van der Waals surface area contributed by atoms with Gasteiger partial charge in [-0.05, 0) is 36.4 Å². The van der Waals surface area contributed by atoms with E-state index in [0.29, 0.717) is 42.0 Å². The third-order valence-electron chi connectivity index (χ3n) is 3.60. The van der Waals surface area contributed by atoms with Crippen molar-refractivity contribution in [2.75, 3.05) is 40.0 Å². The summed E-state index contributed by atoms with van der Waals surface area (Å²) in [6, 6.07) is 14.0. The summed E-state index contributed by atoms with van der Waals surface area (Å²) in [5.74, 6) is 1.34. The minimum atomic E-state index is -0.664. The fourth-order valence-electron chi connectivity index (χ4n) is 2.15. The molecule has 0 bridgehead atoms. The van der Waals surface area contributed by atoms with Gasteiger partial charge in [-0.3, -0.25) is 0 Å². The van der Waals surface area contributed by atoms with E-state index in [1.54, 1.807) is 36.4 Å². The van der Waals surface area contributed by atoms with Crippen molar-refractivity contribution in [1.29, 1.82) is 0 Å². The van der Waals surface area contributed by atoms with E-state index < -0.39 is 12.1 Å². The van der Waals surface area contributed by atoms with Gasteiger partial charge in [0.1, 0.15) is 36.6 Å². The van der Waals surface area contributed by atoms with Gasteiger partial charge in [0.2, 0.25) is 0 Å². The van der Waals surface area contributed by atoms with Crippen LogP contribution in [-0.4, -0.2) is 57.2 Å². The molecule has 8 heteroatoms. The molecule has 0 aromatic heterocycles. The Morgan fingerprint density at radius 1 is 1.07 bits per heavy atom. The highest BCUT2D eigenvalue weighted by Gasteiger charge is 2.07. The maximum atomic E-state index is 11.0. The van der Waals surface area contributed by atoms with E-state index in [1.165, 1.54) is 7.11 Å². The van der Waals surface area contributed by atoms with Gasteiger partial charge >= 0.3 is 5.97 Å². The lowest BCUT2D eigenvalue weighted by atomic mass is 10.3. The molecule has 152 valence electrons. The monoisotopic (exact) mass is 409 g/mol. The van der Waals surface area contributed by atoms with Crippen LogP contribution in [0.15, 0.2) is 48.5 Å². The van der Waals surface area contributed by atoms with E-state index in [-0.39, 0.29) is 13.2 Å². The van der Waals surface area contributed by atoms with E-state index in [2.05, 4.69) is 10.1 Å². The maximum absolute atomic E-state index is 11.0. The predicted octanol–water partition coefficient (Wildman–Crippen LogP) is 2.30. The number of carbonyl (C=O) groups excluding carboxylic acids is 1. The Kier molecular flexibility index (Phi) is 9.41. The van der Waals surface area contributed by atoms with Crippen LogP contribution >= 0.6 is 11.6 Å². The van der Waals surface area contributed by atoms with Crippen LogP contribution < -0.4 is 19.5 Å². The van der Waals surface area contributed by atoms with Gasteiger partial charge in [0.05, 0.1) is 12.1 Å². The number of ether oxygens (including phenoxy) is 4. The highest BCUT2D eigenvalue weighted by atomic mass is 35.5. The number of hydrogen-bond acceptors (Lipinski definition) is 7. The van der Waals surface area contributed by atoms with Gasteiger partial charge in [0.15, 0.2) is 6.61 Å². The van der Waals surface area contributed by atoms with Gasteiger partial charge in [-0.15, -0.1) is 0 Å². The molecule has 0 heterocycles. The number of carbonyl (C=O) groups is 1. The molecule has 28 heavy (non-hydrogen) atoms. The summed E-state index contributed by atoms with van der Waals surface area (Å²) in [6.07, 6.45) is -0.664. The smallest absolute Gasteiger partial charge is 0.343 e. The van der Waals surface area contributed by atoms with Crippen molar-refractivity contribution < 1.29 is 28.8 Å². The molecule has 0 spiro atoms. The quantitative estimate of drug-likeness (QED) is 0.411. The summed E-state index contributed by atoms with van der Waals surface area (Å²) >= 11 is 5.99. The number of rotatable bonds is 12. The van der Waals surface area contributed by atoms with Crippen molar-refractivity contribution >= 4 is 17.6 Å². The molecule has 0 saturated carbocycles. The molecule has 1 atom stereocenters. The fourth-order valence-corrected chi connectivity index (χ4v) is 2.34. The molecule has 0 radical (unpaired) electrons. The number of aliphatic hydroxyl groups is 1. The molecule has 0 fully saturated rings. The molecule has 0 amide bonds. The van der Waals surface area contributed by atoms with Crippen LogP contribution in [0.4, 0.5) is 0 Å². The molecule has 1 unspecified atom stereocenters. The Hall–Kier alpha value is -2.48. The van der Waals surface area contributed by atoms with E-state index in [0.717, 1.165) is 0 Å². The average molecular weight is 410 g/mol. The fraction of sp³-hybridized carbons (Fsp3) is 0.350. The van der Waals surface area contributed by atoms with Crippen LogP contribution in [0.1, 0.15) is 0 Å². The van der Waals surface area contributed by atoms with Gasteiger partial charge in [0.25, 0.3) is 0 Å². The van der Waals surface area contributed by atoms with Crippen molar-refractivity contribution in [3.05, 3.63) is 53.6 Å². The van der Waals surface area contributed by atoms with Gasteiger partial charge in [0, 0.05) is 13.1 Å². The predicted molar refractivity (Wildman–Crippen MR) is 105 cm³/mol. The highest BCUT2D eigenvalue weighted by molar-refractivity contribution is 6.32. The zero-order chi connectivity index (χ0) is 20.2. The summed E-state index contributed by atoms with van der Waals surface area (Å²) in [7, 11) is 1.31. The van der Waals surface area contributed by atoms with E-state index in [4.69, 9.17) is 25.8 Å². The van der Waals surface area contributed by atoms with Crippen molar-refractivity contribution in [3.8, 4) is 17.2 Å². The summed E-state index contributed by atoms with van der Waals surface area (Å²) in [5.41, 5.74) is 0. The molecule has 0 aliphatic carbocycles. The van der Waals surface area contributed by atoms with Crippen LogP contribution in [-0.2, 0) is 9.53 Å². The lowest BCUT2D eigenvalue weighted by Gasteiger charge is -2.14. The topological polar surface area (TPSA) is 86.3 Å². The lowest BCUT2D eigenvalue weighted by molar-refractivity contribution is -0.142. The summed E-state index contributed by atoms with van der Waals surface area (Å²) in [4.78, 5) is 11.0. The summed E-state index contributed by atoms with van der Waals surface area (Å²) < 4.78 is 20.8. The molecule has 0 aliphatic rings. The molecule has 2 aromatic carbocycles. The molecule has 0 aliphatic heterocycles. The van der Waals surface area contributed by atoms with E-state index in [9.17, 15) is 9.90 Å². The first kappa shape index (κ1) is 21.8. The normalized spacial score (nSPS) is 11.5. The molecule has 2 rings (SSSR count).